The molecule has 2 aromatic carbocycles. The highest BCUT2D eigenvalue weighted by Gasteiger charge is 2.27. The van der Waals surface area contributed by atoms with Crippen LogP contribution < -0.4 is 4.74 Å². The van der Waals surface area contributed by atoms with Crippen LogP contribution in [0.4, 0.5) is 4.39 Å². The second-order valence-electron chi connectivity index (χ2n) is 7.08. The van der Waals surface area contributed by atoms with Crippen LogP contribution in [0.3, 0.4) is 0 Å². The molecule has 1 aliphatic rings. The number of rotatable bonds is 5. The molecule has 1 atom stereocenters. The molecule has 0 N–H and O–H groups in total. The molecule has 0 bridgehead atoms. The minimum atomic E-state index is -0.290. The van der Waals surface area contributed by atoms with E-state index < -0.39 is 0 Å². The third kappa shape index (κ3) is 4.68. The van der Waals surface area contributed by atoms with E-state index in [0.717, 1.165) is 5.56 Å². The highest BCUT2D eigenvalue weighted by atomic mass is 19.1. The van der Waals surface area contributed by atoms with Crippen LogP contribution in [0.15, 0.2) is 48.5 Å². The Hall–Kier alpha value is -2.89. The fourth-order valence-electron chi connectivity index (χ4n) is 3.49. The zero-order valence-electron chi connectivity index (χ0n) is 16.2. The number of amides is 2. The van der Waals surface area contributed by atoms with Gasteiger partial charge in [-0.3, -0.25) is 9.59 Å². The topological polar surface area (TPSA) is 49.9 Å². The number of carbonyl (C=O) groups is 2. The van der Waals surface area contributed by atoms with Gasteiger partial charge < -0.3 is 14.5 Å². The van der Waals surface area contributed by atoms with Crippen molar-refractivity contribution in [2.75, 3.05) is 33.3 Å². The summed E-state index contributed by atoms with van der Waals surface area (Å²) >= 11 is 0. The van der Waals surface area contributed by atoms with Gasteiger partial charge in [-0.1, -0.05) is 25.1 Å². The number of nitrogens with zero attached hydrogens (tertiary/aromatic N) is 2. The van der Waals surface area contributed by atoms with Crippen LogP contribution >= 0.6 is 0 Å². The lowest BCUT2D eigenvalue weighted by molar-refractivity contribution is -0.136. The molecule has 0 radical (unpaired) electrons. The average molecular weight is 384 g/mol. The molecule has 1 saturated heterocycles. The maximum absolute atomic E-state index is 13.3. The van der Waals surface area contributed by atoms with Crippen molar-refractivity contribution in [2.45, 2.75) is 13.3 Å². The van der Waals surface area contributed by atoms with Crippen molar-refractivity contribution >= 4 is 11.8 Å². The number of carbonyl (C=O) groups excluding carboxylic acids is 2. The Kier molecular flexibility index (Phi) is 6.29. The van der Waals surface area contributed by atoms with Crippen LogP contribution in [0.1, 0.15) is 22.8 Å². The Morgan fingerprint density at radius 1 is 1.04 bits per heavy atom. The SMILES string of the molecule is COc1cccc(C(=O)N2CCN(C(=O)C(C)Cc3cccc(F)c3)CC2)c1. The predicted octanol–water partition coefficient (Wildman–Crippen LogP) is 3.00. The van der Waals surface area contributed by atoms with Crippen molar-refractivity contribution in [1.29, 1.82) is 0 Å². The van der Waals surface area contributed by atoms with Gasteiger partial charge in [0.15, 0.2) is 0 Å². The molecule has 28 heavy (non-hydrogen) atoms. The number of benzene rings is 2. The number of hydrogen-bond acceptors (Lipinski definition) is 3. The number of halogens is 1. The van der Waals surface area contributed by atoms with Gasteiger partial charge in [0, 0.05) is 37.7 Å². The number of piperazine rings is 1. The van der Waals surface area contributed by atoms with Gasteiger partial charge in [0.2, 0.25) is 5.91 Å². The average Bonchev–Trinajstić information content (AvgIpc) is 2.73. The van der Waals surface area contributed by atoms with Crippen LogP contribution in [-0.4, -0.2) is 54.9 Å². The van der Waals surface area contributed by atoms with E-state index in [-0.39, 0.29) is 23.5 Å². The fraction of sp³-hybridized carbons (Fsp3) is 0.364. The van der Waals surface area contributed by atoms with E-state index in [4.69, 9.17) is 4.74 Å². The van der Waals surface area contributed by atoms with E-state index in [1.54, 1.807) is 47.2 Å². The molecule has 1 aliphatic heterocycles. The molecular weight excluding hydrogens is 359 g/mol. The lowest BCUT2D eigenvalue weighted by Crippen LogP contribution is -2.51. The minimum Gasteiger partial charge on any atom is -0.497 e. The molecule has 0 aliphatic carbocycles. The quantitative estimate of drug-likeness (QED) is 0.796. The van der Waals surface area contributed by atoms with Crippen LogP contribution in [0.25, 0.3) is 0 Å². The number of ether oxygens (including phenoxy) is 1. The highest BCUT2D eigenvalue weighted by Crippen LogP contribution is 2.17. The summed E-state index contributed by atoms with van der Waals surface area (Å²) in [6.45, 7) is 3.86. The summed E-state index contributed by atoms with van der Waals surface area (Å²) in [6.07, 6.45) is 0.500. The Morgan fingerprint density at radius 3 is 2.39 bits per heavy atom. The van der Waals surface area contributed by atoms with Gasteiger partial charge in [-0.25, -0.2) is 4.39 Å². The molecule has 0 saturated carbocycles. The van der Waals surface area contributed by atoms with Gasteiger partial charge >= 0.3 is 0 Å². The van der Waals surface area contributed by atoms with E-state index in [0.29, 0.717) is 43.9 Å². The summed E-state index contributed by atoms with van der Waals surface area (Å²) in [7, 11) is 1.57. The van der Waals surface area contributed by atoms with Crippen molar-refractivity contribution in [1.82, 2.24) is 9.80 Å². The van der Waals surface area contributed by atoms with Crippen molar-refractivity contribution in [3.05, 3.63) is 65.5 Å². The maximum Gasteiger partial charge on any atom is 0.254 e. The number of hydrogen-bond donors (Lipinski definition) is 0. The summed E-state index contributed by atoms with van der Waals surface area (Å²) in [5, 5.41) is 0. The van der Waals surface area contributed by atoms with E-state index in [1.165, 1.54) is 12.1 Å². The van der Waals surface area contributed by atoms with Crippen LogP contribution in [-0.2, 0) is 11.2 Å². The molecule has 5 nitrogen and oxygen atoms in total. The van der Waals surface area contributed by atoms with E-state index in [1.807, 2.05) is 13.0 Å². The third-order valence-electron chi connectivity index (χ3n) is 5.05. The van der Waals surface area contributed by atoms with Crippen molar-refractivity contribution in [2.24, 2.45) is 5.92 Å². The molecule has 1 fully saturated rings. The zero-order valence-corrected chi connectivity index (χ0v) is 16.2. The second-order valence-corrected chi connectivity index (χ2v) is 7.08. The lowest BCUT2D eigenvalue weighted by atomic mass is 9.99. The van der Waals surface area contributed by atoms with Crippen LogP contribution in [0.2, 0.25) is 0 Å². The Bertz CT molecular complexity index is 847. The first kappa shape index (κ1) is 19.9. The first-order valence-electron chi connectivity index (χ1n) is 9.44. The molecular formula is C22H25FN2O3. The maximum atomic E-state index is 13.3. The molecule has 2 amide bonds. The second kappa shape index (κ2) is 8.87. The summed E-state index contributed by atoms with van der Waals surface area (Å²) in [4.78, 5) is 29.0. The van der Waals surface area contributed by atoms with Gasteiger partial charge in [0.1, 0.15) is 11.6 Å². The smallest absolute Gasteiger partial charge is 0.254 e. The van der Waals surface area contributed by atoms with Crippen molar-refractivity contribution < 1.29 is 18.7 Å². The normalized spacial score (nSPS) is 15.2. The molecule has 3 rings (SSSR count). The highest BCUT2D eigenvalue weighted by molar-refractivity contribution is 5.94. The van der Waals surface area contributed by atoms with Crippen molar-refractivity contribution in [3.8, 4) is 5.75 Å². The van der Waals surface area contributed by atoms with Crippen LogP contribution in [0, 0.1) is 11.7 Å². The zero-order chi connectivity index (χ0) is 20.1. The summed E-state index contributed by atoms with van der Waals surface area (Å²) < 4.78 is 18.5. The molecule has 6 heteroatoms. The molecule has 1 heterocycles. The van der Waals surface area contributed by atoms with Gasteiger partial charge in [-0.2, -0.15) is 0 Å². The Labute approximate surface area is 164 Å². The summed E-state index contributed by atoms with van der Waals surface area (Å²) in [6, 6.07) is 13.4. The Morgan fingerprint density at radius 2 is 1.71 bits per heavy atom. The number of methoxy groups -OCH3 is 1. The summed E-state index contributed by atoms with van der Waals surface area (Å²) in [5.41, 5.74) is 1.39. The lowest BCUT2D eigenvalue weighted by Gasteiger charge is -2.36. The van der Waals surface area contributed by atoms with E-state index >= 15 is 0 Å². The first-order valence-corrected chi connectivity index (χ1v) is 9.44. The Balaban J connectivity index is 1.55. The van der Waals surface area contributed by atoms with Gasteiger partial charge in [-0.15, -0.1) is 0 Å². The largest absolute Gasteiger partial charge is 0.497 e. The standard InChI is InChI=1S/C22H25FN2O3/c1-16(13-17-5-3-7-19(23)14-17)21(26)24-9-11-25(12-10-24)22(27)18-6-4-8-20(15-18)28-2/h3-8,14-16H,9-13H2,1-2H3. The van der Waals surface area contributed by atoms with Crippen molar-refractivity contribution in [3.63, 3.8) is 0 Å². The van der Waals surface area contributed by atoms with Gasteiger partial charge in [0.25, 0.3) is 5.91 Å². The van der Waals surface area contributed by atoms with Crippen LogP contribution in [0.5, 0.6) is 5.75 Å². The van der Waals surface area contributed by atoms with E-state index in [2.05, 4.69) is 0 Å². The predicted molar refractivity (Wildman–Crippen MR) is 105 cm³/mol. The molecule has 2 aromatic rings. The monoisotopic (exact) mass is 384 g/mol. The minimum absolute atomic E-state index is 0.0396. The molecule has 0 spiro atoms. The molecule has 148 valence electrons. The third-order valence-corrected chi connectivity index (χ3v) is 5.05. The first-order chi connectivity index (χ1) is 13.5. The van der Waals surface area contributed by atoms with E-state index in [9.17, 15) is 14.0 Å². The fourth-order valence-corrected chi connectivity index (χ4v) is 3.49. The summed E-state index contributed by atoms with van der Waals surface area (Å²) in [5.74, 6) is 0.103. The molecule has 1 unspecified atom stereocenters. The van der Waals surface area contributed by atoms with Gasteiger partial charge in [-0.05, 0) is 42.3 Å². The molecule has 0 aromatic heterocycles. The van der Waals surface area contributed by atoms with Gasteiger partial charge in [0.05, 0.1) is 7.11 Å².